The average Bonchev–Trinajstić information content (AvgIpc) is 2.99. The van der Waals surface area contributed by atoms with E-state index >= 15 is 0 Å². The van der Waals surface area contributed by atoms with Crippen molar-refractivity contribution < 1.29 is 4.39 Å². The summed E-state index contributed by atoms with van der Waals surface area (Å²) in [5, 5.41) is 0. The van der Waals surface area contributed by atoms with Gasteiger partial charge in [-0.2, -0.15) is 0 Å². The van der Waals surface area contributed by atoms with Crippen molar-refractivity contribution in [3.05, 3.63) is 24.0 Å². The molecule has 1 aliphatic heterocycles. The first-order valence-electron chi connectivity index (χ1n) is 4.80. The Labute approximate surface area is 86.6 Å². The van der Waals surface area contributed by atoms with Gasteiger partial charge in [-0.25, -0.2) is 9.11 Å². The summed E-state index contributed by atoms with van der Waals surface area (Å²) in [7, 11) is 0. The number of anilines is 1. The van der Waals surface area contributed by atoms with Gasteiger partial charge in [0.2, 0.25) is 0 Å². The van der Waals surface area contributed by atoms with Crippen LogP contribution in [0.5, 0.6) is 0 Å². The lowest BCUT2D eigenvalue weighted by molar-refractivity contribution is 0.622. The molecule has 3 rings (SSSR count). The van der Waals surface area contributed by atoms with Crippen LogP contribution < -0.4 is 9.62 Å². The van der Waals surface area contributed by atoms with Gasteiger partial charge in [-0.1, -0.05) is 0 Å². The number of nitrogens with one attached hydrogen (secondary N) is 1. The zero-order valence-corrected chi connectivity index (χ0v) is 8.48. The van der Waals surface area contributed by atoms with E-state index in [0.717, 1.165) is 11.6 Å². The molecule has 1 N–H and O–H groups in total. The first-order chi connectivity index (χ1) is 6.84. The number of halogens is 1. The van der Waals surface area contributed by atoms with E-state index in [-0.39, 0.29) is 5.82 Å². The monoisotopic (exact) mass is 210 g/mol. The first kappa shape index (κ1) is 8.56. The standard InChI is InChI=1S/C10H11FN2S/c11-7-1-4-9-10(5-7)14-12-6-13(9)8-2-3-8/h1,4-5,8,12H,2-3,6H2. The number of hydrogen-bond donors (Lipinski definition) is 1. The predicted octanol–water partition coefficient (Wildman–Crippen LogP) is 2.36. The molecule has 14 heavy (non-hydrogen) atoms. The predicted molar refractivity (Wildman–Crippen MR) is 55.8 cm³/mol. The molecule has 0 aromatic heterocycles. The highest BCUT2D eigenvalue weighted by Crippen LogP contribution is 2.39. The van der Waals surface area contributed by atoms with Gasteiger partial charge in [0.1, 0.15) is 5.82 Å². The largest absolute Gasteiger partial charge is 0.354 e. The van der Waals surface area contributed by atoms with Crippen LogP contribution in [0.4, 0.5) is 10.1 Å². The summed E-state index contributed by atoms with van der Waals surface area (Å²) in [6, 6.07) is 5.70. The highest BCUT2D eigenvalue weighted by atomic mass is 32.2. The summed E-state index contributed by atoms with van der Waals surface area (Å²) in [6.07, 6.45) is 2.53. The maximum atomic E-state index is 13.0. The topological polar surface area (TPSA) is 15.3 Å². The Morgan fingerprint density at radius 3 is 3.07 bits per heavy atom. The van der Waals surface area contributed by atoms with E-state index < -0.39 is 0 Å². The third-order valence-electron chi connectivity index (χ3n) is 2.64. The number of fused-ring (bicyclic) bond motifs is 1. The van der Waals surface area contributed by atoms with Gasteiger partial charge < -0.3 is 4.90 Å². The normalized spacial score (nSPS) is 20.8. The molecule has 74 valence electrons. The van der Waals surface area contributed by atoms with E-state index in [2.05, 4.69) is 9.62 Å². The van der Waals surface area contributed by atoms with E-state index in [4.69, 9.17) is 0 Å². The minimum absolute atomic E-state index is 0.157. The van der Waals surface area contributed by atoms with E-state index in [0.29, 0.717) is 6.04 Å². The molecule has 1 aliphatic carbocycles. The highest BCUT2D eigenvalue weighted by Gasteiger charge is 2.32. The number of hydrogen-bond acceptors (Lipinski definition) is 3. The van der Waals surface area contributed by atoms with Crippen LogP contribution in [0.25, 0.3) is 0 Å². The molecule has 2 aliphatic rings. The summed E-state index contributed by atoms with van der Waals surface area (Å²) in [6.45, 7) is 0.869. The van der Waals surface area contributed by atoms with Crippen molar-refractivity contribution >= 4 is 17.6 Å². The van der Waals surface area contributed by atoms with Crippen molar-refractivity contribution in [3.8, 4) is 0 Å². The zero-order chi connectivity index (χ0) is 9.54. The molecular weight excluding hydrogens is 199 g/mol. The Balaban J connectivity index is 2.01. The Morgan fingerprint density at radius 2 is 2.29 bits per heavy atom. The smallest absolute Gasteiger partial charge is 0.124 e. The molecule has 0 saturated heterocycles. The Hall–Kier alpha value is -0.740. The molecule has 2 nitrogen and oxygen atoms in total. The van der Waals surface area contributed by atoms with Crippen molar-refractivity contribution in [3.63, 3.8) is 0 Å². The molecule has 1 aromatic carbocycles. The minimum Gasteiger partial charge on any atom is -0.354 e. The summed E-state index contributed by atoms with van der Waals surface area (Å²) >= 11 is 1.52. The Kier molecular flexibility index (Phi) is 1.92. The molecule has 0 radical (unpaired) electrons. The molecule has 4 heteroatoms. The summed E-state index contributed by atoms with van der Waals surface area (Å²) in [4.78, 5) is 3.33. The van der Waals surface area contributed by atoms with Crippen LogP contribution in [-0.2, 0) is 0 Å². The Morgan fingerprint density at radius 1 is 1.43 bits per heavy atom. The molecule has 0 atom stereocenters. The SMILES string of the molecule is Fc1ccc2c(c1)SNCN2C1CC1. The van der Waals surface area contributed by atoms with Gasteiger partial charge >= 0.3 is 0 Å². The molecular formula is C10H11FN2S. The molecule has 0 spiro atoms. The lowest BCUT2D eigenvalue weighted by Crippen LogP contribution is -2.36. The molecule has 1 heterocycles. The van der Waals surface area contributed by atoms with Crippen LogP contribution >= 0.6 is 11.9 Å². The zero-order valence-electron chi connectivity index (χ0n) is 7.66. The van der Waals surface area contributed by atoms with Crippen LogP contribution in [0.2, 0.25) is 0 Å². The molecule has 1 aromatic rings. The average molecular weight is 210 g/mol. The number of nitrogens with zero attached hydrogens (tertiary/aromatic N) is 1. The number of rotatable bonds is 1. The summed E-state index contributed by atoms with van der Waals surface area (Å²) < 4.78 is 16.2. The van der Waals surface area contributed by atoms with Gasteiger partial charge in [-0.3, -0.25) is 0 Å². The van der Waals surface area contributed by atoms with Gasteiger partial charge in [-0.05, 0) is 43.0 Å². The quantitative estimate of drug-likeness (QED) is 0.716. The van der Waals surface area contributed by atoms with Gasteiger partial charge in [0.05, 0.1) is 12.4 Å². The van der Waals surface area contributed by atoms with E-state index in [1.807, 2.05) is 6.07 Å². The number of benzene rings is 1. The van der Waals surface area contributed by atoms with Crippen molar-refractivity contribution in [2.75, 3.05) is 11.6 Å². The minimum atomic E-state index is -0.157. The van der Waals surface area contributed by atoms with Crippen LogP contribution in [-0.4, -0.2) is 12.7 Å². The van der Waals surface area contributed by atoms with Gasteiger partial charge in [0.25, 0.3) is 0 Å². The van der Waals surface area contributed by atoms with Crippen LogP contribution in [0.3, 0.4) is 0 Å². The van der Waals surface area contributed by atoms with Crippen LogP contribution in [0, 0.1) is 5.82 Å². The molecule has 0 amide bonds. The fraction of sp³-hybridized carbons (Fsp3) is 0.400. The first-order valence-corrected chi connectivity index (χ1v) is 5.62. The second-order valence-electron chi connectivity index (χ2n) is 3.72. The van der Waals surface area contributed by atoms with Crippen LogP contribution in [0.15, 0.2) is 23.1 Å². The van der Waals surface area contributed by atoms with Gasteiger partial charge in [0, 0.05) is 10.9 Å². The Bertz CT molecular complexity index is 365. The lowest BCUT2D eigenvalue weighted by Gasteiger charge is -2.31. The van der Waals surface area contributed by atoms with Crippen molar-refractivity contribution in [2.24, 2.45) is 0 Å². The van der Waals surface area contributed by atoms with Crippen molar-refractivity contribution in [1.82, 2.24) is 4.72 Å². The second kappa shape index (κ2) is 3.14. The van der Waals surface area contributed by atoms with E-state index in [1.165, 1.54) is 30.5 Å². The highest BCUT2D eigenvalue weighted by molar-refractivity contribution is 7.97. The third-order valence-corrected chi connectivity index (χ3v) is 3.46. The fourth-order valence-electron chi connectivity index (χ4n) is 1.78. The second-order valence-corrected chi connectivity index (χ2v) is 4.65. The maximum absolute atomic E-state index is 13.0. The molecule has 1 fully saturated rings. The van der Waals surface area contributed by atoms with Crippen LogP contribution in [0.1, 0.15) is 12.8 Å². The molecule has 0 unspecified atom stereocenters. The maximum Gasteiger partial charge on any atom is 0.124 e. The fourth-order valence-corrected chi connectivity index (χ4v) is 2.60. The van der Waals surface area contributed by atoms with Gasteiger partial charge in [-0.15, -0.1) is 0 Å². The van der Waals surface area contributed by atoms with Crippen molar-refractivity contribution in [2.45, 2.75) is 23.8 Å². The molecule has 0 bridgehead atoms. The van der Waals surface area contributed by atoms with Gasteiger partial charge in [0.15, 0.2) is 0 Å². The third kappa shape index (κ3) is 1.38. The summed E-state index contributed by atoms with van der Waals surface area (Å²) in [5.41, 5.74) is 1.18. The van der Waals surface area contributed by atoms with Crippen molar-refractivity contribution in [1.29, 1.82) is 0 Å². The van der Waals surface area contributed by atoms with E-state index in [9.17, 15) is 4.39 Å². The summed E-state index contributed by atoms with van der Waals surface area (Å²) in [5.74, 6) is -0.157. The lowest BCUT2D eigenvalue weighted by atomic mass is 10.3. The molecule has 1 saturated carbocycles. The van der Waals surface area contributed by atoms with E-state index in [1.54, 1.807) is 12.1 Å².